The molecule has 0 bridgehead atoms. The van der Waals surface area contributed by atoms with Crippen LogP contribution in [0.15, 0.2) is 0 Å². The van der Waals surface area contributed by atoms with E-state index in [0.29, 0.717) is 0 Å². The Morgan fingerprint density at radius 2 is 1.00 bits per heavy atom. The Balaban J connectivity index is 0. The van der Waals surface area contributed by atoms with Crippen molar-refractivity contribution in [1.29, 1.82) is 0 Å². The van der Waals surface area contributed by atoms with Gasteiger partial charge in [0.25, 0.3) is 0 Å². The standard InChI is InChI=1S/2O.Sr.Ti.2H/q2*-2;+2;+4;2*-1. The third kappa shape index (κ3) is 8.93. The Labute approximate surface area is 79.7 Å². The summed E-state index contributed by atoms with van der Waals surface area (Å²) in [6.45, 7) is 0. The molecule has 0 saturated heterocycles. The molecule has 0 spiro atoms. The van der Waals surface area contributed by atoms with Crippen molar-refractivity contribution < 1.29 is 35.5 Å². The molecule has 0 fully saturated rings. The Morgan fingerprint density at radius 3 is 1.00 bits per heavy atom. The number of hydrogen-bond acceptors (Lipinski definition) is 0. The molecule has 0 rings (SSSR count). The molecule has 0 radical (unpaired) electrons. The second-order valence-electron chi connectivity index (χ2n) is 0. The van der Waals surface area contributed by atoms with Crippen molar-refractivity contribution in [2.45, 2.75) is 0 Å². The SMILES string of the molecule is [H-].[H-].[O-2].[O-2].[Sr+2].[Ti+4]. The fourth-order valence-electron chi connectivity index (χ4n) is 0. The van der Waals surface area contributed by atoms with Crippen molar-refractivity contribution in [3.05, 3.63) is 0 Å². The molecule has 2 nitrogen and oxygen atoms in total. The summed E-state index contributed by atoms with van der Waals surface area (Å²) in [5.74, 6) is 0. The summed E-state index contributed by atoms with van der Waals surface area (Å²) in [6, 6.07) is 0. The van der Waals surface area contributed by atoms with Gasteiger partial charge in [0.05, 0.1) is 0 Å². The molecule has 4 heteroatoms. The van der Waals surface area contributed by atoms with Crippen molar-refractivity contribution in [2.75, 3.05) is 0 Å². The van der Waals surface area contributed by atoms with Crippen molar-refractivity contribution >= 4 is 45.5 Å². The zero-order valence-corrected chi connectivity index (χ0v) is 7.06. The van der Waals surface area contributed by atoms with Crippen LogP contribution in [0.2, 0.25) is 0 Å². The summed E-state index contributed by atoms with van der Waals surface area (Å²) in [5, 5.41) is 0. The van der Waals surface area contributed by atoms with Gasteiger partial charge in [0.1, 0.15) is 0 Å². The van der Waals surface area contributed by atoms with E-state index in [1.807, 2.05) is 0 Å². The van der Waals surface area contributed by atoms with Gasteiger partial charge in [-0.3, -0.25) is 0 Å². The first-order valence-electron chi connectivity index (χ1n) is 0. The van der Waals surface area contributed by atoms with Gasteiger partial charge in [0.2, 0.25) is 0 Å². The summed E-state index contributed by atoms with van der Waals surface area (Å²) >= 11 is 0. The third-order valence-electron chi connectivity index (χ3n) is 0. The van der Waals surface area contributed by atoms with Crippen LogP contribution in [0.4, 0.5) is 0 Å². The molecule has 0 aliphatic carbocycles. The summed E-state index contributed by atoms with van der Waals surface area (Å²) < 4.78 is 0. The molecular weight excluding hydrogens is 167 g/mol. The van der Waals surface area contributed by atoms with Crippen molar-refractivity contribution in [3.8, 4) is 0 Å². The van der Waals surface area contributed by atoms with Crippen molar-refractivity contribution in [2.24, 2.45) is 0 Å². The second-order valence-corrected chi connectivity index (χ2v) is 0. The molecule has 0 aromatic rings. The quantitative estimate of drug-likeness (QED) is 0.444. The molecular formula is H2O2SrTi. The van der Waals surface area contributed by atoms with Crippen LogP contribution < -0.4 is 0 Å². The zero-order valence-electron chi connectivity index (χ0n) is 4.02. The molecule has 0 N–H and O–H groups in total. The second kappa shape index (κ2) is 19.4. The van der Waals surface area contributed by atoms with Crippen LogP contribution in [0.1, 0.15) is 2.85 Å². The summed E-state index contributed by atoms with van der Waals surface area (Å²) in [7, 11) is 0. The van der Waals surface area contributed by atoms with E-state index in [0.717, 1.165) is 0 Å². The first-order valence-corrected chi connectivity index (χ1v) is 0. The van der Waals surface area contributed by atoms with Crippen molar-refractivity contribution in [1.82, 2.24) is 0 Å². The Kier molecular flexibility index (Phi) is 173. The third-order valence-corrected chi connectivity index (χ3v) is 0. The van der Waals surface area contributed by atoms with E-state index in [4.69, 9.17) is 0 Å². The van der Waals surface area contributed by atoms with E-state index in [2.05, 4.69) is 0 Å². The molecule has 4 heavy (non-hydrogen) atoms. The molecule has 0 aromatic carbocycles. The van der Waals surface area contributed by atoms with E-state index in [-0.39, 0.29) is 81.0 Å². The fourth-order valence-corrected chi connectivity index (χ4v) is 0. The Hall–Kier alpha value is 2.11. The van der Waals surface area contributed by atoms with E-state index in [9.17, 15) is 0 Å². The van der Waals surface area contributed by atoms with Crippen LogP contribution in [-0.4, -0.2) is 45.5 Å². The molecule has 0 aliphatic rings. The maximum atomic E-state index is 0. The monoisotopic (exact) mass is 170 g/mol. The van der Waals surface area contributed by atoms with Crippen LogP contribution in [-0.2, 0) is 32.7 Å². The molecule has 0 amide bonds. The first-order chi connectivity index (χ1) is 0. The predicted molar refractivity (Wildman–Crippen MR) is 9.35 cm³/mol. The van der Waals surface area contributed by atoms with Crippen LogP contribution in [0.5, 0.6) is 0 Å². The van der Waals surface area contributed by atoms with Gasteiger partial charge >= 0.3 is 67.2 Å². The van der Waals surface area contributed by atoms with E-state index < -0.39 is 0 Å². The van der Waals surface area contributed by atoms with Crippen LogP contribution >= 0.6 is 0 Å². The minimum Gasteiger partial charge on any atom is -2.00 e. The topological polar surface area (TPSA) is 57.0 Å². The minimum absolute atomic E-state index is 0. The molecule has 0 saturated carbocycles. The average Bonchev–Trinajstić information content (AvgIpc) is 0. The number of hydrogen-bond donors (Lipinski definition) is 0. The molecule has 0 unspecified atom stereocenters. The van der Waals surface area contributed by atoms with Gasteiger partial charge in [-0.05, 0) is 0 Å². The predicted octanol–water partition coefficient (Wildman–Crippen LogP) is -0.396. The molecule has 0 atom stereocenters. The Bertz CT molecular complexity index is 11.5. The van der Waals surface area contributed by atoms with Gasteiger partial charge < -0.3 is 13.8 Å². The average molecular weight is 170 g/mol. The largest absolute Gasteiger partial charge is 4.00 e. The normalized spacial score (nSPS) is 0. The van der Waals surface area contributed by atoms with Crippen LogP contribution in [0, 0.1) is 0 Å². The van der Waals surface area contributed by atoms with Gasteiger partial charge in [-0.25, -0.2) is 0 Å². The maximum absolute atomic E-state index is 0. The Morgan fingerprint density at radius 1 is 1.00 bits per heavy atom. The minimum atomic E-state index is 0. The molecule has 20 valence electrons. The van der Waals surface area contributed by atoms with Gasteiger partial charge in [-0.2, -0.15) is 0 Å². The van der Waals surface area contributed by atoms with E-state index >= 15 is 0 Å². The van der Waals surface area contributed by atoms with Crippen LogP contribution in [0.3, 0.4) is 0 Å². The van der Waals surface area contributed by atoms with Gasteiger partial charge in [0.15, 0.2) is 0 Å². The first kappa shape index (κ1) is 35.8. The maximum Gasteiger partial charge on any atom is 4.00 e. The smallest absolute Gasteiger partial charge is 2.00 e. The van der Waals surface area contributed by atoms with E-state index in [1.165, 1.54) is 0 Å². The molecule has 0 aromatic heterocycles. The van der Waals surface area contributed by atoms with Crippen LogP contribution in [0.25, 0.3) is 0 Å². The fraction of sp³-hybridized carbons (Fsp3) is 0. The summed E-state index contributed by atoms with van der Waals surface area (Å²) in [5.41, 5.74) is 0. The van der Waals surface area contributed by atoms with Gasteiger partial charge in [0, 0.05) is 0 Å². The summed E-state index contributed by atoms with van der Waals surface area (Å²) in [4.78, 5) is 0. The van der Waals surface area contributed by atoms with Gasteiger partial charge in [-0.1, -0.05) is 0 Å². The van der Waals surface area contributed by atoms with Crippen molar-refractivity contribution in [3.63, 3.8) is 0 Å². The molecule has 0 heterocycles. The van der Waals surface area contributed by atoms with E-state index in [1.54, 1.807) is 0 Å². The number of rotatable bonds is 0. The molecule has 0 aliphatic heterocycles. The summed E-state index contributed by atoms with van der Waals surface area (Å²) in [6.07, 6.45) is 0. The zero-order chi connectivity index (χ0) is 0. The van der Waals surface area contributed by atoms with Gasteiger partial charge in [-0.15, -0.1) is 0 Å².